The summed E-state index contributed by atoms with van der Waals surface area (Å²) in [5, 5.41) is 14.0. The Labute approximate surface area is 284 Å². The average Bonchev–Trinajstić information content (AvgIpc) is 3.53. The van der Waals surface area contributed by atoms with Crippen LogP contribution in [-0.4, -0.2) is 4.57 Å². The third-order valence-electron chi connectivity index (χ3n) is 10.2. The van der Waals surface area contributed by atoms with Crippen LogP contribution in [0.2, 0.25) is 0 Å². The number of fused-ring (bicyclic) bond motifs is 8. The van der Waals surface area contributed by atoms with Crippen LogP contribution in [0.15, 0.2) is 182 Å². The third-order valence-corrected chi connectivity index (χ3v) is 10.2. The highest BCUT2D eigenvalue weighted by molar-refractivity contribution is 6.28. The number of nitrogens with one attached hydrogen (secondary N) is 1. The monoisotopic (exact) mass is 624 g/mol. The maximum atomic E-state index is 3.92. The van der Waals surface area contributed by atoms with Gasteiger partial charge in [0.05, 0.1) is 22.8 Å². The average molecular weight is 625 g/mol. The van der Waals surface area contributed by atoms with Crippen LogP contribution in [0.1, 0.15) is 22.7 Å². The highest BCUT2D eigenvalue weighted by Gasteiger charge is 2.22. The van der Waals surface area contributed by atoms with E-state index in [1.807, 2.05) is 0 Å². The first kappa shape index (κ1) is 27.7. The van der Waals surface area contributed by atoms with Gasteiger partial charge in [-0.3, -0.25) is 0 Å². The van der Waals surface area contributed by atoms with Crippen LogP contribution in [0, 0.1) is 0 Å². The molecular weight excluding hydrogens is 593 g/mol. The molecule has 0 radical (unpaired) electrons. The smallest absolute Gasteiger partial charge is 0.0708 e. The van der Waals surface area contributed by atoms with Crippen molar-refractivity contribution >= 4 is 65.4 Å². The number of aromatic nitrogens is 1. The van der Waals surface area contributed by atoms with E-state index < -0.39 is 0 Å². The van der Waals surface area contributed by atoms with E-state index in [0.29, 0.717) is 0 Å². The molecular formula is C47H32N2. The van der Waals surface area contributed by atoms with Crippen LogP contribution in [0.4, 0.5) is 0 Å². The summed E-state index contributed by atoms with van der Waals surface area (Å²) >= 11 is 0. The van der Waals surface area contributed by atoms with Gasteiger partial charge < -0.3 is 9.88 Å². The topological polar surface area (TPSA) is 17.0 Å². The van der Waals surface area contributed by atoms with Crippen molar-refractivity contribution in [3.63, 3.8) is 0 Å². The molecule has 8 aromatic carbocycles. The molecule has 1 N–H and O–H groups in total. The molecule has 0 fully saturated rings. The summed E-state index contributed by atoms with van der Waals surface area (Å²) in [5.74, 6) is 0. The summed E-state index contributed by atoms with van der Waals surface area (Å²) in [4.78, 5) is 0. The van der Waals surface area contributed by atoms with E-state index in [1.54, 1.807) is 0 Å². The molecule has 0 saturated heterocycles. The van der Waals surface area contributed by atoms with Crippen LogP contribution in [0.3, 0.4) is 0 Å². The predicted octanol–water partition coefficient (Wildman–Crippen LogP) is 12.0. The second-order valence-corrected chi connectivity index (χ2v) is 13.0. The number of dihydropyridines is 1. The van der Waals surface area contributed by atoms with Gasteiger partial charge in [-0.2, -0.15) is 0 Å². The first-order chi connectivity index (χ1) is 24.3. The Hall–Kier alpha value is -6.38. The molecule has 9 aromatic rings. The van der Waals surface area contributed by atoms with E-state index in [4.69, 9.17) is 0 Å². The fourth-order valence-corrected chi connectivity index (χ4v) is 7.89. The summed E-state index contributed by atoms with van der Waals surface area (Å²) in [7, 11) is 0. The Morgan fingerprint density at radius 3 is 1.61 bits per heavy atom. The van der Waals surface area contributed by atoms with Crippen molar-refractivity contribution in [3.05, 3.63) is 199 Å². The molecule has 1 aromatic heterocycles. The zero-order chi connectivity index (χ0) is 32.3. The normalized spacial score (nSPS) is 14.7. The van der Waals surface area contributed by atoms with Gasteiger partial charge >= 0.3 is 0 Å². The van der Waals surface area contributed by atoms with E-state index >= 15 is 0 Å². The lowest BCUT2D eigenvalue weighted by atomic mass is 9.92. The van der Waals surface area contributed by atoms with Gasteiger partial charge in [0, 0.05) is 21.9 Å². The van der Waals surface area contributed by atoms with Crippen LogP contribution in [0.5, 0.6) is 0 Å². The molecule has 0 amide bonds. The van der Waals surface area contributed by atoms with E-state index in [0.717, 1.165) is 5.70 Å². The first-order valence-electron chi connectivity index (χ1n) is 17.0. The van der Waals surface area contributed by atoms with Crippen LogP contribution in [0.25, 0.3) is 71.1 Å². The first-order valence-corrected chi connectivity index (χ1v) is 17.0. The lowest BCUT2D eigenvalue weighted by Gasteiger charge is -2.27. The highest BCUT2D eigenvalue weighted by Crippen LogP contribution is 2.43. The number of rotatable bonds is 4. The molecule has 0 bridgehead atoms. The maximum Gasteiger partial charge on any atom is 0.0708 e. The van der Waals surface area contributed by atoms with Crippen molar-refractivity contribution in [3.8, 4) is 5.69 Å². The molecule has 2 heterocycles. The van der Waals surface area contributed by atoms with E-state index in [9.17, 15) is 0 Å². The van der Waals surface area contributed by atoms with Gasteiger partial charge in [0.1, 0.15) is 0 Å². The van der Waals surface area contributed by atoms with Crippen molar-refractivity contribution in [1.82, 2.24) is 9.88 Å². The molecule has 230 valence electrons. The molecule has 0 spiro atoms. The van der Waals surface area contributed by atoms with Gasteiger partial charge in [-0.1, -0.05) is 146 Å². The lowest BCUT2D eigenvalue weighted by Crippen LogP contribution is -2.22. The summed E-state index contributed by atoms with van der Waals surface area (Å²) < 4.78 is 2.51. The number of hydrogen-bond donors (Lipinski definition) is 1. The Morgan fingerprint density at radius 1 is 0.449 bits per heavy atom. The number of hydrogen-bond acceptors (Lipinski definition) is 1. The highest BCUT2D eigenvalue weighted by atomic mass is 15.0. The van der Waals surface area contributed by atoms with Gasteiger partial charge in [-0.25, -0.2) is 0 Å². The Bertz CT molecular complexity index is 2690. The minimum Gasteiger partial charge on any atom is -0.374 e. The summed E-state index contributed by atoms with van der Waals surface area (Å²) in [5.41, 5.74) is 9.57. The van der Waals surface area contributed by atoms with Gasteiger partial charge in [0.2, 0.25) is 0 Å². The van der Waals surface area contributed by atoms with Crippen molar-refractivity contribution in [2.24, 2.45) is 0 Å². The fourth-order valence-electron chi connectivity index (χ4n) is 7.89. The number of allylic oxidation sites excluding steroid dienone is 2. The van der Waals surface area contributed by atoms with Crippen molar-refractivity contribution in [2.45, 2.75) is 6.04 Å². The quantitative estimate of drug-likeness (QED) is 0.206. The Kier molecular flexibility index (Phi) is 6.28. The minimum absolute atomic E-state index is 0.0338. The second-order valence-electron chi connectivity index (χ2n) is 13.0. The van der Waals surface area contributed by atoms with Gasteiger partial charge in [0.25, 0.3) is 0 Å². The molecule has 0 aliphatic carbocycles. The van der Waals surface area contributed by atoms with Crippen molar-refractivity contribution in [2.75, 3.05) is 0 Å². The van der Waals surface area contributed by atoms with Crippen molar-refractivity contribution in [1.29, 1.82) is 0 Å². The Morgan fingerprint density at radius 2 is 0.980 bits per heavy atom. The van der Waals surface area contributed by atoms with Gasteiger partial charge in [-0.15, -0.1) is 0 Å². The van der Waals surface area contributed by atoms with E-state index in [-0.39, 0.29) is 6.04 Å². The Balaban J connectivity index is 1.26. The molecule has 2 heteroatoms. The van der Waals surface area contributed by atoms with Gasteiger partial charge in [-0.05, 0) is 85.6 Å². The second kappa shape index (κ2) is 11.1. The largest absolute Gasteiger partial charge is 0.374 e. The minimum atomic E-state index is -0.0338. The van der Waals surface area contributed by atoms with Crippen molar-refractivity contribution < 1.29 is 0 Å². The van der Waals surface area contributed by atoms with E-state index in [1.165, 1.54) is 82.1 Å². The molecule has 1 aliphatic rings. The SMILES string of the molecule is C1=C(c2ccccc2)C=C(c2ccccc2)NC1c1cc(-n2c3ccc4ccccc4c3c3c4ccccc4ccc32)c2ccccc2c1. The zero-order valence-electron chi connectivity index (χ0n) is 26.8. The number of benzene rings is 8. The molecule has 10 rings (SSSR count). The molecule has 1 aliphatic heterocycles. The summed E-state index contributed by atoms with van der Waals surface area (Å²) in [6, 6.07) is 61.7. The lowest BCUT2D eigenvalue weighted by molar-refractivity contribution is 0.767. The maximum absolute atomic E-state index is 3.92. The number of nitrogens with zero attached hydrogens (tertiary/aromatic N) is 1. The molecule has 0 saturated carbocycles. The molecule has 1 unspecified atom stereocenters. The van der Waals surface area contributed by atoms with E-state index in [2.05, 4.69) is 192 Å². The summed E-state index contributed by atoms with van der Waals surface area (Å²) in [6.45, 7) is 0. The molecule has 2 nitrogen and oxygen atoms in total. The molecule has 1 atom stereocenters. The van der Waals surface area contributed by atoms with Crippen LogP contribution >= 0.6 is 0 Å². The summed E-state index contributed by atoms with van der Waals surface area (Å²) in [6.07, 6.45) is 4.66. The van der Waals surface area contributed by atoms with Crippen LogP contribution in [-0.2, 0) is 0 Å². The van der Waals surface area contributed by atoms with Crippen LogP contribution < -0.4 is 5.32 Å². The predicted molar refractivity (Wildman–Crippen MR) is 208 cm³/mol. The van der Waals surface area contributed by atoms with Gasteiger partial charge in [0.15, 0.2) is 0 Å². The third kappa shape index (κ3) is 4.49. The molecule has 49 heavy (non-hydrogen) atoms. The zero-order valence-corrected chi connectivity index (χ0v) is 26.8. The standard InChI is InChI=1S/C47H32N2/c1-3-13-31(14-4-1)36-28-41(34-17-5-2-6-18-34)48-42(29-36)37-27-35-19-9-10-20-38(35)45(30-37)49-43-25-23-32-15-7-11-21-39(32)46(43)47-40-22-12-8-16-33(40)24-26-44(47)49/h1-30,42,48H. The fraction of sp³-hybridized carbons (Fsp3) is 0.0213.